The van der Waals surface area contributed by atoms with Crippen LogP contribution < -0.4 is 10.5 Å². The summed E-state index contributed by atoms with van der Waals surface area (Å²) < 4.78 is 21.9. The maximum atomic E-state index is 10.8. The molecule has 2 aromatic carbocycles. The van der Waals surface area contributed by atoms with Gasteiger partial charge in [-0.15, -0.1) is 0 Å². The number of nitrogens with zero attached hydrogens (tertiary/aromatic N) is 2. The molecule has 2 aromatic heterocycles. The predicted octanol–water partition coefficient (Wildman–Crippen LogP) is 4.73. The molecule has 0 radical (unpaired) electrons. The van der Waals surface area contributed by atoms with Crippen LogP contribution in [0.25, 0.3) is 21.8 Å². The number of nitrogen functional groups attached to an aromatic ring is 1. The molecule has 0 atom stereocenters. The van der Waals surface area contributed by atoms with Gasteiger partial charge in [-0.2, -0.15) is 0 Å². The van der Waals surface area contributed by atoms with Crippen LogP contribution in [0, 0.1) is 13.8 Å². The highest BCUT2D eigenvalue weighted by molar-refractivity contribution is 7.51. The van der Waals surface area contributed by atoms with E-state index < -0.39 is 7.60 Å². The first kappa shape index (κ1) is 26.0. The van der Waals surface area contributed by atoms with Gasteiger partial charge < -0.3 is 25.0 Å². The van der Waals surface area contributed by atoms with E-state index in [1.54, 1.807) is 0 Å². The molecule has 2 heterocycles. The minimum Gasteiger partial charge on any atom is -0.491 e. The van der Waals surface area contributed by atoms with E-state index in [1.807, 2.05) is 31.3 Å². The van der Waals surface area contributed by atoms with Gasteiger partial charge in [-0.3, -0.25) is 9.55 Å². The van der Waals surface area contributed by atoms with E-state index in [4.69, 9.17) is 25.0 Å². The Bertz CT molecular complexity index is 1420. The molecule has 4 N–H and O–H groups in total. The zero-order valence-electron chi connectivity index (χ0n) is 20.6. The van der Waals surface area contributed by atoms with Crippen LogP contribution in [-0.4, -0.2) is 45.7 Å². The molecule has 8 nitrogen and oxygen atoms in total. The van der Waals surface area contributed by atoms with Gasteiger partial charge in [0.1, 0.15) is 17.9 Å². The van der Waals surface area contributed by atoms with Gasteiger partial charge in [0.2, 0.25) is 0 Å². The number of benzene rings is 2. The molecule has 190 valence electrons. The molecule has 0 saturated heterocycles. The van der Waals surface area contributed by atoms with Crippen LogP contribution in [0.3, 0.4) is 0 Å². The Hall–Kier alpha value is -3.03. The van der Waals surface area contributed by atoms with E-state index in [0.29, 0.717) is 32.1 Å². The second-order valence-corrected chi connectivity index (χ2v) is 10.8. The summed E-state index contributed by atoms with van der Waals surface area (Å²) in [6, 6.07) is 14.4. The van der Waals surface area contributed by atoms with Crippen molar-refractivity contribution in [1.29, 1.82) is 0 Å². The first-order chi connectivity index (χ1) is 17.2. The number of fused-ring (bicyclic) bond motifs is 3. The molecule has 0 spiro atoms. The average Bonchev–Trinajstić information content (AvgIpc) is 2.82. The van der Waals surface area contributed by atoms with Crippen LogP contribution in [-0.2, 0) is 22.1 Å². The number of rotatable bonds is 11. The molecule has 0 aliphatic rings. The van der Waals surface area contributed by atoms with Crippen LogP contribution in [0.2, 0.25) is 0 Å². The van der Waals surface area contributed by atoms with Gasteiger partial charge in [-0.1, -0.05) is 18.2 Å². The highest BCUT2D eigenvalue weighted by Gasteiger charge is 2.12. The van der Waals surface area contributed by atoms with E-state index in [2.05, 4.69) is 41.2 Å². The summed E-state index contributed by atoms with van der Waals surface area (Å²) in [6.45, 7) is 5.16. The lowest BCUT2D eigenvalue weighted by Gasteiger charge is -2.12. The number of pyridine rings is 2. The fraction of sp³-hybridized carbons (Fsp3) is 0.333. The lowest BCUT2D eigenvalue weighted by Crippen LogP contribution is -2.08. The molecule has 0 aliphatic heterocycles. The van der Waals surface area contributed by atoms with E-state index in [9.17, 15) is 4.57 Å². The van der Waals surface area contributed by atoms with Gasteiger partial charge in [0.15, 0.2) is 5.82 Å². The Balaban J connectivity index is 1.34. The molecule has 0 saturated carbocycles. The highest BCUT2D eigenvalue weighted by atomic mass is 31.2. The predicted molar refractivity (Wildman–Crippen MR) is 143 cm³/mol. The third-order valence-electron chi connectivity index (χ3n) is 6.10. The van der Waals surface area contributed by atoms with Crippen LogP contribution in [0.15, 0.2) is 48.7 Å². The van der Waals surface area contributed by atoms with Crippen molar-refractivity contribution >= 4 is 35.2 Å². The maximum absolute atomic E-state index is 10.8. The summed E-state index contributed by atoms with van der Waals surface area (Å²) in [4.78, 5) is 26.8. The fourth-order valence-corrected chi connectivity index (χ4v) is 4.75. The zero-order chi connectivity index (χ0) is 25.7. The van der Waals surface area contributed by atoms with E-state index in [-0.39, 0.29) is 6.16 Å². The number of hydrogen-bond donors (Lipinski definition) is 3. The van der Waals surface area contributed by atoms with Crippen molar-refractivity contribution in [3.63, 3.8) is 0 Å². The van der Waals surface area contributed by atoms with Crippen molar-refractivity contribution in [1.82, 2.24) is 9.97 Å². The van der Waals surface area contributed by atoms with Gasteiger partial charge >= 0.3 is 7.60 Å². The molecule has 4 aromatic rings. The molecule has 9 heteroatoms. The standard InChI is InChI=1S/C27H32N3O5P/c1-18-4-9-23-24-16-20(17-29-26(24)27(28)30-25(23)14-18)5-6-21-7-8-22(15-19(21)2)35-12-11-34-10-3-13-36(31,32)33/h4,7-9,14-17H,3,5-6,10-13H2,1-2H3,(H2,28,30)(H2,31,32,33). The first-order valence-electron chi connectivity index (χ1n) is 12.0. The van der Waals surface area contributed by atoms with E-state index in [0.717, 1.165) is 57.1 Å². The Morgan fingerprint density at radius 3 is 2.58 bits per heavy atom. The minimum atomic E-state index is -3.95. The van der Waals surface area contributed by atoms with Crippen molar-refractivity contribution in [2.45, 2.75) is 33.1 Å². The number of nitrogens with two attached hydrogens (primary N) is 1. The van der Waals surface area contributed by atoms with Crippen LogP contribution in [0.4, 0.5) is 5.82 Å². The molecule has 0 fully saturated rings. The number of aryl methyl sites for hydroxylation is 4. The lowest BCUT2D eigenvalue weighted by molar-refractivity contribution is 0.100. The molecule has 0 bridgehead atoms. The topological polar surface area (TPSA) is 128 Å². The average molecular weight is 510 g/mol. The second-order valence-electron chi connectivity index (χ2n) is 9.05. The summed E-state index contributed by atoms with van der Waals surface area (Å²) in [5.74, 6) is 1.22. The van der Waals surface area contributed by atoms with Gasteiger partial charge in [0.25, 0.3) is 0 Å². The number of aromatic nitrogens is 2. The molecule has 4 rings (SSSR count). The summed E-state index contributed by atoms with van der Waals surface area (Å²) in [5, 5.41) is 2.09. The monoisotopic (exact) mass is 509 g/mol. The van der Waals surface area contributed by atoms with Crippen molar-refractivity contribution in [3.05, 3.63) is 70.9 Å². The molecule has 0 unspecified atom stereocenters. The van der Waals surface area contributed by atoms with Gasteiger partial charge in [-0.25, -0.2) is 4.98 Å². The molecule has 36 heavy (non-hydrogen) atoms. The van der Waals surface area contributed by atoms with Crippen LogP contribution in [0.1, 0.15) is 28.7 Å². The minimum absolute atomic E-state index is 0.161. The number of hydrogen-bond acceptors (Lipinski definition) is 6. The third-order valence-corrected chi connectivity index (χ3v) is 7.00. The van der Waals surface area contributed by atoms with Crippen molar-refractivity contribution in [2.75, 3.05) is 31.7 Å². The quantitative estimate of drug-likeness (QED) is 0.150. The Kier molecular flexibility index (Phi) is 8.21. The number of ether oxygens (including phenoxy) is 2. The largest absolute Gasteiger partial charge is 0.491 e. The van der Waals surface area contributed by atoms with Crippen LogP contribution in [0.5, 0.6) is 5.75 Å². The summed E-state index contributed by atoms with van der Waals surface area (Å²) >= 11 is 0. The summed E-state index contributed by atoms with van der Waals surface area (Å²) in [7, 11) is -3.95. The van der Waals surface area contributed by atoms with Gasteiger partial charge in [0, 0.05) is 23.6 Å². The zero-order valence-corrected chi connectivity index (χ0v) is 21.5. The lowest BCUT2D eigenvalue weighted by atomic mass is 9.99. The summed E-state index contributed by atoms with van der Waals surface area (Å²) in [5.41, 5.74) is 12.5. The highest BCUT2D eigenvalue weighted by Crippen LogP contribution is 2.34. The Morgan fingerprint density at radius 1 is 0.972 bits per heavy atom. The normalized spacial score (nSPS) is 11.9. The number of anilines is 1. The molecule has 0 amide bonds. The van der Waals surface area contributed by atoms with E-state index in [1.165, 1.54) is 5.56 Å². The van der Waals surface area contributed by atoms with Crippen LogP contribution >= 0.6 is 7.60 Å². The second kappa shape index (κ2) is 11.4. The van der Waals surface area contributed by atoms with Gasteiger partial charge in [-0.05, 0) is 79.6 Å². The smallest absolute Gasteiger partial charge is 0.325 e. The summed E-state index contributed by atoms with van der Waals surface area (Å²) in [6.07, 6.45) is 3.77. The van der Waals surface area contributed by atoms with E-state index >= 15 is 0 Å². The molecule has 0 aliphatic carbocycles. The Morgan fingerprint density at radius 2 is 1.81 bits per heavy atom. The maximum Gasteiger partial charge on any atom is 0.325 e. The first-order valence-corrected chi connectivity index (χ1v) is 13.8. The Labute approximate surface area is 210 Å². The molecular formula is C27H32N3O5P. The molecular weight excluding hydrogens is 477 g/mol. The van der Waals surface area contributed by atoms with Gasteiger partial charge in [0.05, 0.1) is 18.3 Å². The van der Waals surface area contributed by atoms with Crippen molar-refractivity contribution in [3.8, 4) is 5.75 Å². The van der Waals surface area contributed by atoms with Crippen molar-refractivity contribution < 1.29 is 23.8 Å². The van der Waals surface area contributed by atoms with Crippen molar-refractivity contribution in [2.24, 2.45) is 0 Å². The SMILES string of the molecule is Cc1ccc2c(c1)nc(N)c1ncc(CCc3ccc(OCCOCCCP(=O)(O)O)cc3C)cc12. The fourth-order valence-electron chi connectivity index (χ4n) is 4.21. The third kappa shape index (κ3) is 6.80.